The summed E-state index contributed by atoms with van der Waals surface area (Å²) in [5.41, 5.74) is 2.70. The highest BCUT2D eigenvalue weighted by atomic mass is 15.3. The van der Waals surface area contributed by atoms with Gasteiger partial charge in [-0.2, -0.15) is 5.10 Å². The molecule has 1 unspecified atom stereocenters. The Balaban J connectivity index is 2.08. The second-order valence-corrected chi connectivity index (χ2v) is 5.57. The normalized spacial score (nSPS) is 12.8. The maximum atomic E-state index is 4.19. The van der Waals surface area contributed by atoms with Gasteiger partial charge in [0.05, 0.1) is 12.6 Å². The summed E-state index contributed by atoms with van der Waals surface area (Å²) in [6.07, 6.45) is 4.47. The standard InChI is InChI=1S/C16H24N4/c1-4-18-16(10-20-12-17-11-19-20)15-7-5-14(6-8-15)9-13(2)3/h5-8,11-13,16,18H,4,9-10H2,1-3H3. The van der Waals surface area contributed by atoms with Crippen LogP contribution in [0.2, 0.25) is 0 Å². The van der Waals surface area contributed by atoms with Crippen LogP contribution in [0.1, 0.15) is 37.9 Å². The summed E-state index contributed by atoms with van der Waals surface area (Å²) in [5.74, 6) is 0.695. The van der Waals surface area contributed by atoms with Crippen molar-refractivity contribution in [2.45, 2.75) is 39.8 Å². The molecule has 0 amide bonds. The van der Waals surface area contributed by atoms with E-state index in [1.807, 2.05) is 4.68 Å². The van der Waals surface area contributed by atoms with E-state index in [0.29, 0.717) is 5.92 Å². The highest BCUT2D eigenvalue weighted by Crippen LogP contribution is 2.17. The van der Waals surface area contributed by atoms with Gasteiger partial charge in [0.1, 0.15) is 12.7 Å². The first-order chi connectivity index (χ1) is 9.69. The molecule has 1 heterocycles. The maximum absolute atomic E-state index is 4.19. The molecule has 4 heteroatoms. The van der Waals surface area contributed by atoms with Crippen molar-refractivity contribution in [1.82, 2.24) is 20.1 Å². The molecule has 0 aliphatic heterocycles. The van der Waals surface area contributed by atoms with Crippen molar-refractivity contribution >= 4 is 0 Å². The van der Waals surface area contributed by atoms with Crippen molar-refractivity contribution in [3.8, 4) is 0 Å². The maximum Gasteiger partial charge on any atom is 0.137 e. The average molecular weight is 272 g/mol. The third-order valence-corrected chi connectivity index (χ3v) is 3.31. The SMILES string of the molecule is CCNC(Cn1cncn1)c1ccc(CC(C)C)cc1. The van der Waals surface area contributed by atoms with Crippen LogP contribution in [-0.2, 0) is 13.0 Å². The van der Waals surface area contributed by atoms with E-state index >= 15 is 0 Å². The van der Waals surface area contributed by atoms with E-state index in [1.165, 1.54) is 11.1 Å². The largest absolute Gasteiger partial charge is 0.309 e. The quantitative estimate of drug-likeness (QED) is 0.843. The molecule has 108 valence electrons. The van der Waals surface area contributed by atoms with Gasteiger partial charge in [0.25, 0.3) is 0 Å². The Hall–Kier alpha value is -1.68. The summed E-state index contributed by atoms with van der Waals surface area (Å²) >= 11 is 0. The second kappa shape index (κ2) is 7.20. The van der Waals surface area contributed by atoms with Crippen molar-refractivity contribution in [2.75, 3.05) is 6.54 Å². The molecule has 0 spiro atoms. The van der Waals surface area contributed by atoms with Gasteiger partial charge >= 0.3 is 0 Å². The fraction of sp³-hybridized carbons (Fsp3) is 0.500. The number of likely N-dealkylation sites (N-methyl/N-ethyl adjacent to an activating group) is 1. The molecule has 0 aliphatic carbocycles. The highest BCUT2D eigenvalue weighted by molar-refractivity contribution is 5.25. The molecule has 0 radical (unpaired) electrons. The zero-order valence-electron chi connectivity index (χ0n) is 12.6. The van der Waals surface area contributed by atoms with Crippen LogP contribution in [0.4, 0.5) is 0 Å². The van der Waals surface area contributed by atoms with Gasteiger partial charge in [0, 0.05) is 0 Å². The van der Waals surface area contributed by atoms with Gasteiger partial charge in [0.2, 0.25) is 0 Å². The number of nitrogens with one attached hydrogen (secondary N) is 1. The average Bonchev–Trinajstić information content (AvgIpc) is 2.91. The molecular formula is C16H24N4. The van der Waals surface area contributed by atoms with Crippen LogP contribution in [0.5, 0.6) is 0 Å². The van der Waals surface area contributed by atoms with E-state index in [4.69, 9.17) is 0 Å². The van der Waals surface area contributed by atoms with Crippen molar-refractivity contribution in [3.05, 3.63) is 48.0 Å². The van der Waals surface area contributed by atoms with Gasteiger partial charge < -0.3 is 5.32 Å². The van der Waals surface area contributed by atoms with E-state index in [9.17, 15) is 0 Å². The van der Waals surface area contributed by atoms with E-state index < -0.39 is 0 Å². The van der Waals surface area contributed by atoms with Gasteiger partial charge in [-0.1, -0.05) is 45.0 Å². The topological polar surface area (TPSA) is 42.7 Å². The predicted octanol–water partition coefficient (Wildman–Crippen LogP) is 2.83. The van der Waals surface area contributed by atoms with Crippen LogP contribution in [0.15, 0.2) is 36.9 Å². The monoisotopic (exact) mass is 272 g/mol. The van der Waals surface area contributed by atoms with Crippen LogP contribution < -0.4 is 5.32 Å². The lowest BCUT2D eigenvalue weighted by Gasteiger charge is -2.18. The molecule has 0 aliphatic rings. The van der Waals surface area contributed by atoms with Crippen molar-refractivity contribution in [3.63, 3.8) is 0 Å². The summed E-state index contributed by atoms with van der Waals surface area (Å²) in [5, 5.41) is 7.70. The van der Waals surface area contributed by atoms with Crippen molar-refractivity contribution < 1.29 is 0 Å². The number of benzene rings is 1. The minimum Gasteiger partial charge on any atom is -0.309 e. The first kappa shape index (κ1) is 14.7. The van der Waals surface area contributed by atoms with E-state index in [-0.39, 0.29) is 6.04 Å². The van der Waals surface area contributed by atoms with Gasteiger partial charge in [-0.15, -0.1) is 0 Å². The third kappa shape index (κ3) is 4.17. The molecule has 4 nitrogen and oxygen atoms in total. The molecule has 0 saturated carbocycles. The van der Waals surface area contributed by atoms with Gasteiger partial charge in [-0.25, -0.2) is 4.98 Å². The fourth-order valence-corrected chi connectivity index (χ4v) is 2.41. The lowest BCUT2D eigenvalue weighted by atomic mass is 9.99. The molecule has 0 fully saturated rings. The number of rotatable bonds is 7. The first-order valence-corrected chi connectivity index (χ1v) is 7.33. The minimum atomic E-state index is 0.273. The van der Waals surface area contributed by atoms with Gasteiger partial charge in [-0.3, -0.25) is 4.68 Å². The lowest BCUT2D eigenvalue weighted by molar-refractivity contribution is 0.447. The smallest absolute Gasteiger partial charge is 0.137 e. The summed E-state index contributed by atoms with van der Waals surface area (Å²) in [6.45, 7) is 8.37. The zero-order valence-corrected chi connectivity index (χ0v) is 12.6. The van der Waals surface area contributed by atoms with E-state index in [0.717, 1.165) is 19.5 Å². The van der Waals surface area contributed by atoms with Crippen molar-refractivity contribution in [2.24, 2.45) is 5.92 Å². The molecule has 0 bridgehead atoms. The van der Waals surface area contributed by atoms with Gasteiger partial charge in [-0.05, 0) is 30.0 Å². The minimum absolute atomic E-state index is 0.273. The van der Waals surface area contributed by atoms with Crippen LogP contribution in [-0.4, -0.2) is 21.3 Å². The summed E-state index contributed by atoms with van der Waals surface area (Å²) < 4.78 is 1.87. The number of hydrogen-bond donors (Lipinski definition) is 1. The van der Waals surface area contributed by atoms with E-state index in [2.05, 4.69) is 60.4 Å². The molecule has 1 aromatic carbocycles. The Kier molecular flexibility index (Phi) is 5.30. The number of aromatic nitrogens is 3. The fourth-order valence-electron chi connectivity index (χ4n) is 2.41. The molecule has 2 rings (SSSR count). The van der Waals surface area contributed by atoms with Crippen LogP contribution in [0.3, 0.4) is 0 Å². The number of nitrogens with zero attached hydrogens (tertiary/aromatic N) is 3. The highest BCUT2D eigenvalue weighted by Gasteiger charge is 2.11. The van der Waals surface area contributed by atoms with Gasteiger partial charge in [0.15, 0.2) is 0 Å². The molecule has 2 aromatic rings. The Bertz CT molecular complexity index is 488. The third-order valence-electron chi connectivity index (χ3n) is 3.31. The first-order valence-electron chi connectivity index (χ1n) is 7.33. The van der Waals surface area contributed by atoms with E-state index in [1.54, 1.807) is 12.7 Å². The second-order valence-electron chi connectivity index (χ2n) is 5.57. The van der Waals surface area contributed by atoms with Crippen LogP contribution in [0, 0.1) is 5.92 Å². The Morgan fingerprint density at radius 1 is 1.20 bits per heavy atom. The Labute approximate surface area is 121 Å². The molecule has 1 aromatic heterocycles. The Morgan fingerprint density at radius 2 is 1.95 bits per heavy atom. The zero-order chi connectivity index (χ0) is 14.4. The molecular weight excluding hydrogens is 248 g/mol. The molecule has 1 atom stereocenters. The molecule has 20 heavy (non-hydrogen) atoms. The Morgan fingerprint density at radius 3 is 2.50 bits per heavy atom. The molecule has 1 N–H and O–H groups in total. The summed E-state index contributed by atoms with van der Waals surface area (Å²) in [7, 11) is 0. The summed E-state index contributed by atoms with van der Waals surface area (Å²) in [4.78, 5) is 4.00. The van der Waals surface area contributed by atoms with Crippen molar-refractivity contribution in [1.29, 1.82) is 0 Å². The predicted molar refractivity (Wildman–Crippen MR) is 81.4 cm³/mol. The van der Waals surface area contributed by atoms with Crippen LogP contribution >= 0.6 is 0 Å². The lowest BCUT2D eigenvalue weighted by Crippen LogP contribution is -2.25. The van der Waals surface area contributed by atoms with Crippen LogP contribution in [0.25, 0.3) is 0 Å². The number of hydrogen-bond acceptors (Lipinski definition) is 3. The summed E-state index contributed by atoms with van der Waals surface area (Å²) in [6, 6.07) is 9.20. The molecule has 0 saturated heterocycles.